The first-order valence-electron chi connectivity index (χ1n) is 12.5. The predicted octanol–water partition coefficient (Wildman–Crippen LogP) is 2.66. The van der Waals surface area contributed by atoms with Gasteiger partial charge in [0.1, 0.15) is 0 Å². The van der Waals surface area contributed by atoms with Gasteiger partial charge in [0.05, 0.1) is 4.11 Å². The zero-order valence-corrected chi connectivity index (χ0v) is 12.3. The number of amides is 1. The number of piperidine rings is 3. The average Bonchev–Trinajstić information content (AvgIpc) is 2.69. The van der Waals surface area contributed by atoms with Gasteiger partial charge in [-0.2, -0.15) is 0 Å². The minimum atomic E-state index is -2.14. The molecule has 1 amide bonds. The molecule has 1 aromatic carbocycles. The second-order valence-electron chi connectivity index (χ2n) is 6.57. The molecule has 0 N–H and O–H groups in total. The van der Waals surface area contributed by atoms with Crippen molar-refractivity contribution in [2.24, 2.45) is 5.92 Å². The lowest BCUT2D eigenvalue weighted by Gasteiger charge is -2.51. The summed E-state index contributed by atoms with van der Waals surface area (Å²) in [5.41, 5.74) is 0.396. The van der Waals surface area contributed by atoms with Crippen LogP contribution in [0.5, 0.6) is 0 Å². The Morgan fingerprint density at radius 3 is 3.14 bits per heavy atom. The Balaban J connectivity index is 1.63. The van der Waals surface area contributed by atoms with Gasteiger partial charge in [0.25, 0.3) is 5.91 Å². The van der Waals surface area contributed by atoms with E-state index in [1.807, 2.05) is 0 Å². The van der Waals surface area contributed by atoms with Crippen molar-refractivity contribution in [1.29, 1.82) is 0 Å². The van der Waals surface area contributed by atoms with Crippen molar-refractivity contribution in [2.45, 2.75) is 44.0 Å². The minimum absolute atomic E-state index is 0.0316. The fourth-order valence-electron chi connectivity index (χ4n) is 4.27. The molecule has 4 aliphatic heterocycles. The van der Waals surface area contributed by atoms with Crippen molar-refractivity contribution in [3.63, 3.8) is 0 Å². The van der Waals surface area contributed by atoms with Gasteiger partial charge in [0.15, 0.2) is 0 Å². The highest BCUT2D eigenvalue weighted by atomic mass is 16.2. The van der Waals surface area contributed by atoms with Gasteiger partial charge in [-0.05, 0) is 68.1 Å². The topological polar surface area (TPSA) is 23.6 Å². The van der Waals surface area contributed by atoms with E-state index in [9.17, 15) is 4.79 Å². The smallest absolute Gasteiger partial charge is 0.254 e. The maximum Gasteiger partial charge on any atom is 0.254 e. The summed E-state index contributed by atoms with van der Waals surface area (Å²) in [6.45, 7) is -1.26. The maximum atomic E-state index is 13.6. The van der Waals surface area contributed by atoms with Crippen LogP contribution in [0, 0.1) is 5.92 Å². The van der Waals surface area contributed by atoms with Crippen LogP contribution in [0.2, 0.25) is 0 Å². The van der Waals surface area contributed by atoms with Crippen molar-refractivity contribution >= 4 is 5.91 Å². The van der Waals surface area contributed by atoms with Crippen molar-refractivity contribution in [1.82, 2.24) is 9.80 Å². The van der Waals surface area contributed by atoms with Crippen molar-refractivity contribution in [3.8, 4) is 0 Å². The van der Waals surface area contributed by atoms with E-state index >= 15 is 0 Å². The molecule has 1 aliphatic carbocycles. The molecule has 3 fully saturated rings. The van der Waals surface area contributed by atoms with Gasteiger partial charge in [-0.1, -0.05) is 12.1 Å². The van der Waals surface area contributed by atoms with Gasteiger partial charge in [0, 0.05) is 38.8 Å². The number of carbonyl (C=O) groups is 1. The summed E-state index contributed by atoms with van der Waals surface area (Å²) in [6, 6.07) is -1.72. The van der Waals surface area contributed by atoms with E-state index in [0.29, 0.717) is 24.9 Å². The zero-order valence-electron chi connectivity index (χ0n) is 21.3. The SMILES string of the molecule is [2H]c1c([2H])c2c3c(c1[2H])C([2H])([2H])CC[C@@H]3CN([C@@H]1CN3CC[C@H]1C([2H])([2H])C3([2H])[2H])C2=O. The second kappa shape index (κ2) is 4.82. The van der Waals surface area contributed by atoms with E-state index < -0.39 is 43.2 Å². The number of hydrogen-bond acceptors (Lipinski definition) is 2. The Labute approximate surface area is 144 Å². The molecule has 22 heavy (non-hydrogen) atoms. The Hall–Kier alpha value is -1.35. The highest BCUT2D eigenvalue weighted by Gasteiger charge is 2.43. The third-order valence-electron chi connectivity index (χ3n) is 5.40. The first-order valence-corrected chi connectivity index (χ1v) is 8.01. The van der Waals surface area contributed by atoms with Crippen molar-refractivity contribution < 1.29 is 17.1 Å². The molecule has 6 rings (SSSR count). The molecule has 3 saturated heterocycles. The number of benzene rings is 1. The molecule has 1 aromatic rings. The highest BCUT2D eigenvalue weighted by Crippen LogP contribution is 2.41. The normalized spacial score (nSPS) is 49.2. The van der Waals surface area contributed by atoms with E-state index in [-0.39, 0.29) is 48.6 Å². The monoisotopic (exact) mass is 305 g/mol. The van der Waals surface area contributed by atoms with Crippen molar-refractivity contribution in [2.75, 3.05) is 26.1 Å². The van der Waals surface area contributed by atoms with Crippen LogP contribution in [-0.4, -0.2) is 47.9 Å². The number of rotatable bonds is 1. The molecule has 0 saturated carbocycles. The maximum absolute atomic E-state index is 13.6. The van der Waals surface area contributed by atoms with E-state index in [1.165, 1.54) is 4.90 Å². The summed E-state index contributed by atoms with van der Waals surface area (Å²) in [5.74, 6) is -1.50. The predicted molar refractivity (Wildman–Crippen MR) is 86.1 cm³/mol. The molecule has 3 nitrogen and oxygen atoms in total. The largest absolute Gasteiger partial charge is 0.333 e. The highest BCUT2D eigenvalue weighted by molar-refractivity contribution is 5.97. The van der Waals surface area contributed by atoms with Crippen LogP contribution in [-0.2, 0) is 6.37 Å². The molecule has 1 unspecified atom stereocenters. The third kappa shape index (κ3) is 1.81. The van der Waals surface area contributed by atoms with E-state index in [4.69, 9.17) is 12.3 Å². The molecular weight excluding hydrogens is 272 g/mol. The van der Waals surface area contributed by atoms with Crippen LogP contribution in [0.3, 0.4) is 0 Å². The second-order valence-corrected chi connectivity index (χ2v) is 6.57. The van der Waals surface area contributed by atoms with Crippen molar-refractivity contribution in [3.05, 3.63) is 34.8 Å². The summed E-state index contributed by atoms with van der Waals surface area (Å²) >= 11 is 0. The zero-order chi connectivity index (χ0) is 22.7. The van der Waals surface area contributed by atoms with Crippen LogP contribution in [0.15, 0.2) is 18.1 Å². The van der Waals surface area contributed by atoms with Gasteiger partial charge in [-0.15, -0.1) is 0 Å². The average molecular weight is 305 g/mol. The van der Waals surface area contributed by atoms with Crippen LogP contribution < -0.4 is 0 Å². The lowest BCUT2D eigenvalue weighted by atomic mass is 9.75. The number of nitrogens with zero attached hydrogens (tertiary/aromatic N) is 2. The van der Waals surface area contributed by atoms with Crippen LogP contribution in [0.1, 0.15) is 65.4 Å². The summed E-state index contributed by atoms with van der Waals surface area (Å²) in [4.78, 5) is 16.6. The molecule has 0 radical (unpaired) electrons. The molecular formula is C19H24N2O. The Kier molecular flexibility index (Phi) is 1.54. The minimum Gasteiger partial charge on any atom is -0.333 e. The lowest BCUT2D eigenvalue weighted by Crippen LogP contribution is -2.60. The Morgan fingerprint density at radius 2 is 2.23 bits per heavy atom. The van der Waals surface area contributed by atoms with Gasteiger partial charge in [0.2, 0.25) is 0 Å². The molecule has 4 heterocycles. The summed E-state index contributed by atoms with van der Waals surface area (Å²) in [7, 11) is 0. The first-order chi connectivity index (χ1) is 14.3. The summed E-state index contributed by atoms with van der Waals surface area (Å²) in [6.07, 6.45) is -2.97. The number of hydrogen-bond donors (Lipinski definition) is 0. The molecule has 2 bridgehead atoms. The lowest BCUT2D eigenvalue weighted by molar-refractivity contribution is 0.00258. The molecule has 5 aliphatic rings. The third-order valence-corrected chi connectivity index (χ3v) is 5.40. The molecule has 0 spiro atoms. The fourth-order valence-corrected chi connectivity index (χ4v) is 4.27. The van der Waals surface area contributed by atoms with Crippen LogP contribution in [0.25, 0.3) is 0 Å². The molecule has 3 heteroatoms. The van der Waals surface area contributed by atoms with Gasteiger partial charge in [-0.25, -0.2) is 0 Å². The molecule has 0 aromatic heterocycles. The first kappa shape index (κ1) is 7.04. The van der Waals surface area contributed by atoms with E-state index in [1.54, 1.807) is 4.90 Å². The Bertz CT molecular complexity index is 995. The summed E-state index contributed by atoms with van der Waals surface area (Å²) < 4.78 is 74.9. The molecule has 4 atom stereocenters. The fraction of sp³-hybridized carbons (Fsp3) is 0.632. The number of fused-ring (bicyclic) bond motifs is 3. The van der Waals surface area contributed by atoms with E-state index in [0.717, 1.165) is 0 Å². The Morgan fingerprint density at radius 1 is 1.27 bits per heavy atom. The number of carbonyl (C=O) groups excluding carboxylic acids is 1. The van der Waals surface area contributed by atoms with Crippen LogP contribution in [0.4, 0.5) is 0 Å². The van der Waals surface area contributed by atoms with Crippen LogP contribution >= 0.6 is 0 Å². The van der Waals surface area contributed by atoms with Gasteiger partial charge >= 0.3 is 0 Å². The quantitative estimate of drug-likeness (QED) is 0.796. The molecule has 116 valence electrons. The van der Waals surface area contributed by atoms with E-state index in [2.05, 4.69) is 0 Å². The standard InChI is InChI=1S/C19H24N2O/c22-19-16-6-2-4-14-3-1-5-15(18(14)16)11-21(19)17-12-20-9-7-13(17)8-10-20/h2,4,6,13,15,17H,1,3,5,7-12H2/t15-,17-/m1/s1/i2D,3D2,4D,6D,7D2,9D2/t13-,15-,17-. The van der Waals surface area contributed by atoms with Gasteiger partial charge in [-0.3, -0.25) is 4.79 Å². The summed E-state index contributed by atoms with van der Waals surface area (Å²) in [5, 5.41) is 0. The van der Waals surface area contributed by atoms with Gasteiger partial charge < -0.3 is 9.80 Å².